The molecule has 0 bridgehead atoms. The van der Waals surface area contributed by atoms with Crippen molar-refractivity contribution in [3.05, 3.63) is 78.1 Å². The Hall–Kier alpha value is -3.68. The monoisotopic (exact) mass is 383 g/mol. The summed E-state index contributed by atoms with van der Waals surface area (Å²) in [7, 11) is 1.56. The van der Waals surface area contributed by atoms with Crippen LogP contribution in [0.3, 0.4) is 0 Å². The Labute approximate surface area is 160 Å². The van der Waals surface area contributed by atoms with Gasteiger partial charge >= 0.3 is 5.97 Å². The standard InChI is InChI=1S/C20H18FN3O4/c1-27-17-4-2-3-14(9-17)10-23-19(25)12-28-20(26)18-11-22-13-24(18)16-7-5-15(21)6-8-16/h2-9,11,13H,10,12H2,1H3,(H,23,25). The molecule has 0 aliphatic carbocycles. The van der Waals surface area contributed by atoms with E-state index in [0.717, 1.165) is 5.56 Å². The molecule has 1 heterocycles. The average Bonchev–Trinajstić information content (AvgIpc) is 3.21. The summed E-state index contributed by atoms with van der Waals surface area (Å²) in [5.41, 5.74) is 1.54. The van der Waals surface area contributed by atoms with Gasteiger partial charge in [-0.2, -0.15) is 0 Å². The fourth-order valence-corrected chi connectivity index (χ4v) is 2.49. The molecule has 28 heavy (non-hydrogen) atoms. The molecule has 0 radical (unpaired) electrons. The number of methoxy groups -OCH3 is 1. The van der Waals surface area contributed by atoms with E-state index in [2.05, 4.69) is 10.3 Å². The van der Waals surface area contributed by atoms with E-state index in [1.165, 1.54) is 41.4 Å². The number of benzene rings is 2. The molecule has 3 aromatic rings. The largest absolute Gasteiger partial charge is 0.497 e. The van der Waals surface area contributed by atoms with Crippen LogP contribution in [0.2, 0.25) is 0 Å². The summed E-state index contributed by atoms with van der Waals surface area (Å²) in [6.45, 7) is -0.154. The van der Waals surface area contributed by atoms with Gasteiger partial charge in [-0.25, -0.2) is 14.2 Å². The van der Waals surface area contributed by atoms with E-state index < -0.39 is 18.5 Å². The van der Waals surface area contributed by atoms with E-state index in [9.17, 15) is 14.0 Å². The molecule has 0 atom stereocenters. The lowest BCUT2D eigenvalue weighted by atomic mass is 10.2. The third-order valence-electron chi connectivity index (χ3n) is 3.91. The summed E-state index contributed by atoms with van der Waals surface area (Å²) in [5.74, 6) is -0.852. The van der Waals surface area contributed by atoms with Gasteiger partial charge < -0.3 is 14.8 Å². The molecule has 8 heteroatoms. The van der Waals surface area contributed by atoms with Gasteiger partial charge in [0.05, 0.1) is 19.6 Å². The molecule has 0 aliphatic rings. The van der Waals surface area contributed by atoms with Gasteiger partial charge in [0.15, 0.2) is 12.3 Å². The SMILES string of the molecule is COc1cccc(CNC(=O)COC(=O)c2cncn2-c2ccc(F)cc2)c1. The van der Waals surface area contributed by atoms with Crippen LogP contribution in [0, 0.1) is 5.82 Å². The quantitative estimate of drug-likeness (QED) is 0.634. The first-order valence-corrected chi connectivity index (χ1v) is 8.42. The third kappa shape index (κ3) is 4.73. The molecule has 1 N–H and O–H groups in total. The molecule has 2 aromatic carbocycles. The molecule has 0 fully saturated rings. The molecule has 1 amide bonds. The number of carbonyl (C=O) groups excluding carboxylic acids is 2. The normalized spacial score (nSPS) is 10.4. The summed E-state index contributed by atoms with van der Waals surface area (Å²) >= 11 is 0. The van der Waals surface area contributed by atoms with E-state index in [1.54, 1.807) is 19.2 Å². The van der Waals surface area contributed by atoms with Crippen molar-refractivity contribution in [3.63, 3.8) is 0 Å². The Kier molecular flexibility index (Phi) is 6.01. The molecule has 0 aliphatic heterocycles. The first-order chi connectivity index (χ1) is 13.6. The van der Waals surface area contributed by atoms with Crippen LogP contribution in [0.25, 0.3) is 5.69 Å². The van der Waals surface area contributed by atoms with Gasteiger partial charge in [-0.05, 0) is 42.0 Å². The summed E-state index contributed by atoms with van der Waals surface area (Å²) in [4.78, 5) is 28.1. The average molecular weight is 383 g/mol. The van der Waals surface area contributed by atoms with Gasteiger partial charge in [0.2, 0.25) is 0 Å². The summed E-state index contributed by atoms with van der Waals surface area (Å²) < 4.78 is 24.7. The van der Waals surface area contributed by atoms with Crippen molar-refractivity contribution in [2.24, 2.45) is 0 Å². The summed E-state index contributed by atoms with van der Waals surface area (Å²) in [5, 5.41) is 2.67. The zero-order valence-electron chi connectivity index (χ0n) is 15.1. The van der Waals surface area contributed by atoms with Gasteiger partial charge in [-0.15, -0.1) is 0 Å². The van der Waals surface area contributed by atoms with Crippen molar-refractivity contribution in [2.75, 3.05) is 13.7 Å². The molecule has 0 spiro atoms. The molecule has 3 rings (SSSR count). The number of hydrogen-bond acceptors (Lipinski definition) is 5. The first-order valence-electron chi connectivity index (χ1n) is 8.42. The number of imidazole rings is 1. The zero-order chi connectivity index (χ0) is 19.9. The fraction of sp³-hybridized carbons (Fsp3) is 0.150. The predicted octanol–water partition coefficient (Wildman–Crippen LogP) is 2.49. The lowest BCUT2D eigenvalue weighted by molar-refractivity contribution is -0.124. The first kappa shape index (κ1) is 19.1. The fourth-order valence-electron chi connectivity index (χ4n) is 2.49. The van der Waals surface area contributed by atoms with Gasteiger partial charge in [-0.1, -0.05) is 12.1 Å². The van der Waals surface area contributed by atoms with Crippen LogP contribution >= 0.6 is 0 Å². The number of halogens is 1. The van der Waals surface area contributed by atoms with E-state index in [1.807, 2.05) is 12.1 Å². The third-order valence-corrected chi connectivity index (χ3v) is 3.91. The number of amides is 1. The second kappa shape index (κ2) is 8.81. The topological polar surface area (TPSA) is 82.4 Å². The Morgan fingerprint density at radius 1 is 1.18 bits per heavy atom. The van der Waals surface area contributed by atoms with Crippen LogP contribution in [0.5, 0.6) is 5.75 Å². The van der Waals surface area contributed by atoms with Gasteiger partial charge in [0.25, 0.3) is 5.91 Å². The maximum Gasteiger partial charge on any atom is 0.357 e. The zero-order valence-corrected chi connectivity index (χ0v) is 15.1. The van der Waals surface area contributed by atoms with E-state index >= 15 is 0 Å². The highest BCUT2D eigenvalue weighted by Gasteiger charge is 2.16. The predicted molar refractivity (Wildman–Crippen MR) is 98.6 cm³/mol. The van der Waals surface area contributed by atoms with Crippen LogP contribution in [0.15, 0.2) is 61.1 Å². The Morgan fingerprint density at radius 3 is 2.71 bits per heavy atom. The van der Waals surface area contributed by atoms with Crippen molar-refractivity contribution < 1.29 is 23.5 Å². The lowest BCUT2D eigenvalue weighted by Crippen LogP contribution is -2.28. The summed E-state index contributed by atoms with van der Waals surface area (Å²) in [6, 6.07) is 12.8. The second-order valence-corrected chi connectivity index (χ2v) is 5.83. The van der Waals surface area contributed by atoms with Crippen molar-refractivity contribution in [1.29, 1.82) is 0 Å². The Balaban J connectivity index is 1.55. The van der Waals surface area contributed by atoms with E-state index in [4.69, 9.17) is 9.47 Å². The van der Waals surface area contributed by atoms with E-state index in [-0.39, 0.29) is 18.1 Å². The van der Waals surface area contributed by atoms with E-state index in [0.29, 0.717) is 11.4 Å². The number of rotatable bonds is 7. The van der Waals surface area contributed by atoms with Gasteiger partial charge in [0, 0.05) is 12.2 Å². The number of ether oxygens (including phenoxy) is 2. The maximum atomic E-state index is 13.1. The van der Waals surface area contributed by atoms with Gasteiger partial charge in [-0.3, -0.25) is 9.36 Å². The molecule has 0 saturated carbocycles. The molecule has 144 valence electrons. The van der Waals surface area contributed by atoms with Crippen molar-refractivity contribution in [3.8, 4) is 11.4 Å². The number of aromatic nitrogens is 2. The van der Waals surface area contributed by atoms with Crippen LogP contribution in [0.4, 0.5) is 4.39 Å². The van der Waals surface area contributed by atoms with Crippen molar-refractivity contribution in [2.45, 2.75) is 6.54 Å². The molecule has 0 unspecified atom stereocenters. The minimum atomic E-state index is -0.710. The smallest absolute Gasteiger partial charge is 0.357 e. The molecule has 1 aromatic heterocycles. The highest BCUT2D eigenvalue weighted by molar-refractivity contribution is 5.90. The van der Waals surface area contributed by atoms with Crippen LogP contribution in [-0.4, -0.2) is 35.1 Å². The van der Waals surface area contributed by atoms with Crippen molar-refractivity contribution in [1.82, 2.24) is 14.9 Å². The molecular weight excluding hydrogens is 365 g/mol. The number of hydrogen-bond donors (Lipinski definition) is 1. The maximum absolute atomic E-state index is 13.1. The highest BCUT2D eigenvalue weighted by Crippen LogP contribution is 2.14. The minimum absolute atomic E-state index is 0.132. The second-order valence-electron chi connectivity index (χ2n) is 5.83. The van der Waals surface area contributed by atoms with Crippen LogP contribution in [-0.2, 0) is 16.1 Å². The minimum Gasteiger partial charge on any atom is -0.497 e. The van der Waals surface area contributed by atoms with Crippen LogP contribution < -0.4 is 10.1 Å². The highest BCUT2D eigenvalue weighted by atomic mass is 19.1. The molecular formula is C20H18FN3O4. The Morgan fingerprint density at radius 2 is 1.96 bits per heavy atom. The number of nitrogens with one attached hydrogen (secondary N) is 1. The molecule has 7 nitrogen and oxygen atoms in total. The van der Waals surface area contributed by atoms with Crippen molar-refractivity contribution >= 4 is 11.9 Å². The lowest BCUT2D eigenvalue weighted by Gasteiger charge is -2.09. The van der Waals surface area contributed by atoms with Gasteiger partial charge in [0.1, 0.15) is 11.6 Å². The van der Waals surface area contributed by atoms with Crippen LogP contribution in [0.1, 0.15) is 16.1 Å². The number of esters is 1. The summed E-state index contributed by atoms with van der Waals surface area (Å²) in [6.07, 6.45) is 2.73. The molecule has 0 saturated heterocycles. The number of carbonyl (C=O) groups is 2. The number of nitrogens with zero attached hydrogens (tertiary/aromatic N) is 2. The Bertz CT molecular complexity index is 970.